The van der Waals surface area contributed by atoms with Gasteiger partial charge in [0, 0.05) is 18.2 Å². The highest BCUT2D eigenvalue weighted by atomic mass is 16.1. The van der Waals surface area contributed by atoms with Gasteiger partial charge in [-0.25, -0.2) is 0 Å². The van der Waals surface area contributed by atoms with E-state index < -0.39 is 0 Å². The molecule has 2 aromatic rings. The van der Waals surface area contributed by atoms with E-state index in [1.54, 1.807) is 25.2 Å². The standard InChI is InChI=1S/C9H9N5O/c1-10-9(15)7-4-2-3-6(5-7)8-11-13-14-12-8/h2-5H,1H3,(H,10,15)(H,11,12,13,14). The van der Waals surface area contributed by atoms with E-state index in [-0.39, 0.29) is 5.91 Å². The molecule has 0 aliphatic carbocycles. The number of hydrogen-bond donors (Lipinski definition) is 2. The van der Waals surface area contributed by atoms with Crippen molar-refractivity contribution in [2.75, 3.05) is 7.05 Å². The third-order valence-corrected chi connectivity index (χ3v) is 1.96. The highest BCUT2D eigenvalue weighted by Gasteiger charge is 2.07. The van der Waals surface area contributed by atoms with Gasteiger partial charge in [-0.15, -0.1) is 10.2 Å². The molecular formula is C9H9N5O. The third-order valence-electron chi connectivity index (χ3n) is 1.96. The van der Waals surface area contributed by atoms with Crippen LogP contribution in [-0.4, -0.2) is 33.6 Å². The normalized spacial score (nSPS) is 9.93. The maximum absolute atomic E-state index is 11.4. The summed E-state index contributed by atoms with van der Waals surface area (Å²) in [5.74, 6) is 0.334. The Kier molecular flexibility index (Phi) is 2.40. The van der Waals surface area contributed by atoms with Gasteiger partial charge in [0.15, 0.2) is 0 Å². The zero-order valence-corrected chi connectivity index (χ0v) is 8.06. The van der Waals surface area contributed by atoms with Crippen molar-refractivity contribution in [2.45, 2.75) is 0 Å². The van der Waals surface area contributed by atoms with Gasteiger partial charge in [-0.2, -0.15) is 5.21 Å². The minimum atomic E-state index is -0.139. The number of rotatable bonds is 2. The summed E-state index contributed by atoms with van der Waals surface area (Å²) >= 11 is 0. The Labute approximate surface area is 85.7 Å². The third kappa shape index (κ3) is 1.83. The van der Waals surface area contributed by atoms with Crippen LogP contribution in [0.15, 0.2) is 24.3 Å². The largest absolute Gasteiger partial charge is 0.355 e. The van der Waals surface area contributed by atoms with E-state index in [1.807, 2.05) is 6.07 Å². The molecule has 76 valence electrons. The zero-order chi connectivity index (χ0) is 10.7. The predicted octanol–water partition coefficient (Wildman–Crippen LogP) is 0.226. The minimum absolute atomic E-state index is 0.139. The second-order valence-electron chi connectivity index (χ2n) is 2.90. The number of tetrazole rings is 1. The molecule has 0 fully saturated rings. The molecule has 6 nitrogen and oxygen atoms in total. The second kappa shape index (κ2) is 3.87. The molecule has 0 atom stereocenters. The van der Waals surface area contributed by atoms with Crippen molar-refractivity contribution in [1.82, 2.24) is 25.9 Å². The van der Waals surface area contributed by atoms with Gasteiger partial charge in [-0.1, -0.05) is 12.1 Å². The Morgan fingerprint density at radius 1 is 1.47 bits per heavy atom. The molecule has 0 radical (unpaired) electrons. The van der Waals surface area contributed by atoms with Gasteiger partial charge in [-0.3, -0.25) is 4.79 Å². The number of benzene rings is 1. The molecule has 0 aliphatic rings. The molecule has 6 heteroatoms. The van der Waals surface area contributed by atoms with Crippen LogP contribution in [0.25, 0.3) is 11.4 Å². The SMILES string of the molecule is CNC(=O)c1cccc(-c2nn[nH]n2)c1. The van der Waals surface area contributed by atoms with Crippen molar-refractivity contribution in [3.8, 4) is 11.4 Å². The number of hydrogen-bond acceptors (Lipinski definition) is 4. The Balaban J connectivity index is 2.39. The van der Waals surface area contributed by atoms with Crippen LogP contribution in [0.4, 0.5) is 0 Å². The van der Waals surface area contributed by atoms with Gasteiger partial charge in [-0.05, 0) is 17.3 Å². The molecule has 15 heavy (non-hydrogen) atoms. The van der Waals surface area contributed by atoms with Crippen LogP contribution in [0.3, 0.4) is 0 Å². The lowest BCUT2D eigenvalue weighted by atomic mass is 10.1. The van der Waals surface area contributed by atoms with E-state index in [1.165, 1.54) is 0 Å². The van der Waals surface area contributed by atoms with Crippen molar-refractivity contribution in [1.29, 1.82) is 0 Å². The summed E-state index contributed by atoms with van der Waals surface area (Å²) in [6, 6.07) is 7.03. The first-order valence-corrected chi connectivity index (χ1v) is 4.37. The molecule has 2 N–H and O–H groups in total. The molecule has 0 unspecified atom stereocenters. The lowest BCUT2D eigenvalue weighted by Crippen LogP contribution is -2.17. The zero-order valence-electron chi connectivity index (χ0n) is 8.06. The predicted molar refractivity (Wildman–Crippen MR) is 53.0 cm³/mol. The van der Waals surface area contributed by atoms with E-state index in [4.69, 9.17) is 0 Å². The molecule has 0 aliphatic heterocycles. The fourth-order valence-corrected chi connectivity index (χ4v) is 1.23. The smallest absolute Gasteiger partial charge is 0.251 e. The summed E-state index contributed by atoms with van der Waals surface area (Å²) < 4.78 is 0. The van der Waals surface area contributed by atoms with Crippen LogP contribution in [0.5, 0.6) is 0 Å². The fraction of sp³-hybridized carbons (Fsp3) is 0.111. The van der Waals surface area contributed by atoms with Gasteiger partial charge < -0.3 is 5.32 Å². The van der Waals surface area contributed by atoms with Crippen molar-refractivity contribution in [3.63, 3.8) is 0 Å². The molecule has 1 aromatic heterocycles. The molecule has 1 heterocycles. The lowest BCUT2D eigenvalue weighted by molar-refractivity contribution is 0.0963. The van der Waals surface area contributed by atoms with E-state index in [0.29, 0.717) is 11.4 Å². The van der Waals surface area contributed by atoms with E-state index in [9.17, 15) is 4.79 Å². The van der Waals surface area contributed by atoms with E-state index in [2.05, 4.69) is 25.9 Å². The Morgan fingerprint density at radius 3 is 3.00 bits per heavy atom. The number of aromatic nitrogens is 4. The molecule has 0 saturated heterocycles. The van der Waals surface area contributed by atoms with Crippen LogP contribution in [0.2, 0.25) is 0 Å². The number of H-pyrrole nitrogens is 1. The Morgan fingerprint density at radius 2 is 2.33 bits per heavy atom. The lowest BCUT2D eigenvalue weighted by Gasteiger charge is -2.00. The van der Waals surface area contributed by atoms with E-state index in [0.717, 1.165) is 5.56 Å². The molecule has 0 saturated carbocycles. The Bertz CT molecular complexity index is 465. The minimum Gasteiger partial charge on any atom is -0.355 e. The van der Waals surface area contributed by atoms with Crippen LogP contribution >= 0.6 is 0 Å². The first-order valence-electron chi connectivity index (χ1n) is 4.37. The summed E-state index contributed by atoms with van der Waals surface area (Å²) in [5, 5.41) is 16.0. The van der Waals surface area contributed by atoms with Crippen LogP contribution in [0, 0.1) is 0 Å². The van der Waals surface area contributed by atoms with Crippen LogP contribution in [0.1, 0.15) is 10.4 Å². The maximum Gasteiger partial charge on any atom is 0.251 e. The van der Waals surface area contributed by atoms with Gasteiger partial charge in [0.25, 0.3) is 5.91 Å². The molecule has 0 spiro atoms. The Hall–Kier alpha value is -2.24. The highest BCUT2D eigenvalue weighted by Crippen LogP contribution is 2.14. The van der Waals surface area contributed by atoms with Crippen molar-refractivity contribution < 1.29 is 4.79 Å². The van der Waals surface area contributed by atoms with E-state index >= 15 is 0 Å². The van der Waals surface area contributed by atoms with Gasteiger partial charge in [0.1, 0.15) is 0 Å². The summed E-state index contributed by atoms with van der Waals surface area (Å²) in [4.78, 5) is 11.4. The monoisotopic (exact) mass is 203 g/mol. The number of nitrogens with zero attached hydrogens (tertiary/aromatic N) is 3. The highest BCUT2D eigenvalue weighted by molar-refractivity contribution is 5.94. The van der Waals surface area contributed by atoms with Crippen molar-refractivity contribution >= 4 is 5.91 Å². The summed E-state index contributed by atoms with van der Waals surface area (Å²) in [7, 11) is 1.59. The topological polar surface area (TPSA) is 83.6 Å². The summed E-state index contributed by atoms with van der Waals surface area (Å²) in [6.07, 6.45) is 0. The quantitative estimate of drug-likeness (QED) is 0.731. The van der Waals surface area contributed by atoms with Gasteiger partial charge in [0.2, 0.25) is 5.82 Å². The van der Waals surface area contributed by atoms with Crippen LogP contribution in [-0.2, 0) is 0 Å². The first kappa shape index (κ1) is 9.32. The maximum atomic E-state index is 11.4. The number of carbonyl (C=O) groups is 1. The first-order chi connectivity index (χ1) is 7.31. The number of amides is 1. The molecule has 1 amide bonds. The van der Waals surface area contributed by atoms with Crippen molar-refractivity contribution in [3.05, 3.63) is 29.8 Å². The molecular weight excluding hydrogens is 194 g/mol. The number of aromatic amines is 1. The van der Waals surface area contributed by atoms with Gasteiger partial charge in [0.05, 0.1) is 0 Å². The van der Waals surface area contributed by atoms with Gasteiger partial charge >= 0.3 is 0 Å². The molecule has 2 rings (SSSR count). The van der Waals surface area contributed by atoms with Crippen LogP contribution < -0.4 is 5.32 Å². The van der Waals surface area contributed by atoms with Crippen molar-refractivity contribution in [2.24, 2.45) is 0 Å². The fourth-order valence-electron chi connectivity index (χ4n) is 1.23. The summed E-state index contributed by atoms with van der Waals surface area (Å²) in [6.45, 7) is 0. The number of nitrogens with one attached hydrogen (secondary N) is 2. The second-order valence-corrected chi connectivity index (χ2v) is 2.90. The number of carbonyl (C=O) groups excluding carboxylic acids is 1. The average molecular weight is 203 g/mol. The average Bonchev–Trinajstić information content (AvgIpc) is 2.82. The molecule has 0 bridgehead atoms. The molecule has 1 aromatic carbocycles. The summed E-state index contributed by atoms with van der Waals surface area (Å²) in [5.41, 5.74) is 1.32.